The lowest BCUT2D eigenvalue weighted by molar-refractivity contribution is 0.112. The highest BCUT2D eigenvalue weighted by atomic mass is 79.9. The highest BCUT2D eigenvalue weighted by Gasteiger charge is 2.07. The number of aldehydes is 1. The maximum absolute atomic E-state index is 10.7. The van der Waals surface area contributed by atoms with Crippen molar-refractivity contribution >= 4 is 55.2 Å². The zero-order valence-corrected chi connectivity index (χ0v) is 9.54. The van der Waals surface area contributed by atoms with Gasteiger partial charge in [-0.3, -0.25) is 4.79 Å². The molecule has 4 heteroatoms. The van der Waals surface area contributed by atoms with E-state index in [2.05, 4.69) is 15.9 Å². The second kappa shape index (κ2) is 3.40. The van der Waals surface area contributed by atoms with Crippen LogP contribution < -0.4 is 0 Å². The van der Waals surface area contributed by atoms with Crippen molar-refractivity contribution in [3.63, 3.8) is 0 Å². The Morgan fingerprint density at radius 2 is 2.23 bits per heavy atom. The Kier molecular flexibility index (Phi) is 2.41. The maximum atomic E-state index is 10.7. The lowest BCUT2D eigenvalue weighted by atomic mass is 10.1. The van der Waals surface area contributed by atoms with E-state index in [1.165, 1.54) is 11.3 Å². The summed E-state index contributed by atoms with van der Waals surface area (Å²) >= 11 is 10.9. The molecule has 0 radical (unpaired) electrons. The van der Waals surface area contributed by atoms with Crippen molar-refractivity contribution in [2.75, 3.05) is 0 Å². The van der Waals surface area contributed by atoms with E-state index >= 15 is 0 Å². The number of fused-ring (bicyclic) bond motifs is 1. The number of carbonyl (C=O) groups excluding carboxylic acids is 1. The van der Waals surface area contributed by atoms with E-state index in [1.807, 2.05) is 6.07 Å². The zero-order chi connectivity index (χ0) is 9.42. The molecule has 1 aromatic heterocycles. The van der Waals surface area contributed by atoms with Gasteiger partial charge in [0.05, 0.1) is 13.5 Å². The summed E-state index contributed by atoms with van der Waals surface area (Å²) in [5, 5.41) is 1.61. The highest BCUT2D eigenvalue weighted by molar-refractivity contribution is 9.11. The molecule has 0 bridgehead atoms. The van der Waals surface area contributed by atoms with Gasteiger partial charge in [0, 0.05) is 10.9 Å². The fourth-order valence-electron chi connectivity index (χ4n) is 1.18. The topological polar surface area (TPSA) is 17.1 Å². The van der Waals surface area contributed by atoms with Crippen LogP contribution in [0.15, 0.2) is 22.0 Å². The SMILES string of the molecule is O=Cc1ccc(Cl)c2sc(Br)cc12. The molecule has 0 amide bonds. The monoisotopic (exact) mass is 274 g/mol. The summed E-state index contributed by atoms with van der Waals surface area (Å²) < 4.78 is 1.94. The standard InChI is InChI=1S/C9H4BrClOS/c10-8-3-6-5(4-12)1-2-7(11)9(6)13-8/h1-4H. The van der Waals surface area contributed by atoms with Gasteiger partial charge in [0.25, 0.3) is 0 Å². The number of halogens is 2. The van der Waals surface area contributed by atoms with Crippen molar-refractivity contribution < 1.29 is 4.79 Å². The van der Waals surface area contributed by atoms with E-state index in [-0.39, 0.29) is 0 Å². The molecule has 0 fully saturated rings. The van der Waals surface area contributed by atoms with Crippen LogP contribution in [-0.2, 0) is 0 Å². The zero-order valence-electron chi connectivity index (χ0n) is 6.38. The van der Waals surface area contributed by atoms with Crippen LogP contribution >= 0.6 is 38.9 Å². The Morgan fingerprint density at radius 1 is 1.46 bits per heavy atom. The molecule has 1 nitrogen and oxygen atoms in total. The van der Waals surface area contributed by atoms with Crippen molar-refractivity contribution in [3.8, 4) is 0 Å². The molecule has 0 aliphatic rings. The van der Waals surface area contributed by atoms with Crippen LogP contribution in [0, 0.1) is 0 Å². The Hall–Kier alpha value is -0.380. The molecule has 0 unspecified atom stereocenters. The molecule has 0 aliphatic carbocycles. The van der Waals surface area contributed by atoms with Gasteiger partial charge in [-0.1, -0.05) is 11.6 Å². The molecule has 0 aliphatic heterocycles. The smallest absolute Gasteiger partial charge is 0.150 e. The average molecular weight is 276 g/mol. The first-order valence-electron chi connectivity index (χ1n) is 3.55. The number of hydrogen-bond donors (Lipinski definition) is 0. The van der Waals surface area contributed by atoms with Gasteiger partial charge in [-0.25, -0.2) is 0 Å². The van der Waals surface area contributed by atoms with Crippen LogP contribution in [0.5, 0.6) is 0 Å². The summed E-state index contributed by atoms with van der Waals surface area (Å²) in [6, 6.07) is 5.39. The Balaban J connectivity index is 2.91. The summed E-state index contributed by atoms with van der Waals surface area (Å²) in [6.07, 6.45) is 0.845. The van der Waals surface area contributed by atoms with E-state index in [9.17, 15) is 4.79 Å². The van der Waals surface area contributed by atoms with Crippen LogP contribution in [-0.4, -0.2) is 6.29 Å². The molecule has 0 saturated carbocycles. The first-order valence-corrected chi connectivity index (χ1v) is 5.54. The number of carbonyl (C=O) groups is 1. The molecule has 0 spiro atoms. The summed E-state index contributed by atoms with van der Waals surface area (Å²) in [6.45, 7) is 0. The molecular formula is C9H4BrClOS. The Bertz CT molecular complexity index is 478. The summed E-state index contributed by atoms with van der Waals surface area (Å²) in [7, 11) is 0. The van der Waals surface area contributed by atoms with Crippen LogP contribution in [0.25, 0.3) is 10.1 Å². The quantitative estimate of drug-likeness (QED) is 0.715. The largest absolute Gasteiger partial charge is 0.298 e. The second-order valence-electron chi connectivity index (χ2n) is 2.55. The molecule has 2 aromatic rings. The molecule has 0 saturated heterocycles. The molecule has 0 atom stereocenters. The lowest BCUT2D eigenvalue weighted by Crippen LogP contribution is -1.79. The minimum atomic E-state index is 0.682. The van der Waals surface area contributed by atoms with Crippen LogP contribution in [0.3, 0.4) is 0 Å². The minimum absolute atomic E-state index is 0.682. The third-order valence-electron chi connectivity index (χ3n) is 1.77. The van der Waals surface area contributed by atoms with Gasteiger partial charge in [0.1, 0.15) is 0 Å². The molecule has 1 aromatic carbocycles. The lowest BCUT2D eigenvalue weighted by Gasteiger charge is -1.95. The van der Waals surface area contributed by atoms with Crippen molar-refractivity contribution in [1.82, 2.24) is 0 Å². The van der Waals surface area contributed by atoms with Crippen molar-refractivity contribution in [2.24, 2.45) is 0 Å². The number of rotatable bonds is 1. The first-order chi connectivity index (χ1) is 6.22. The predicted molar refractivity (Wildman–Crippen MR) is 59.9 cm³/mol. The van der Waals surface area contributed by atoms with E-state index in [0.29, 0.717) is 10.6 Å². The second-order valence-corrected chi connectivity index (χ2v) is 5.39. The van der Waals surface area contributed by atoms with Gasteiger partial charge in [0.2, 0.25) is 0 Å². The molecule has 0 N–H and O–H groups in total. The molecule has 1 heterocycles. The van der Waals surface area contributed by atoms with Crippen molar-refractivity contribution in [3.05, 3.63) is 32.6 Å². The van der Waals surface area contributed by atoms with Crippen LogP contribution in [0.2, 0.25) is 5.02 Å². The molecule has 13 heavy (non-hydrogen) atoms. The van der Waals surface area contributed by atoms with Crippen molar-refractivity contribution in [1.29, 1.82) is 0 Å². The third kappa shape index (κ3) is 1.52. The fraction of sp³-hybridized carbons (Fsp3) is 0. The van der Waals surface area contributed by atoms with E-state index in [0.717, 1.165) is 20.2 Å². The van der Waals surface area contributed by atoms with E-state index in [4.69, 9.17) is 11.6 Å². The van der Waals surface area contributed by atoms with Gasteiger partial charge >= 0.3 is 0 Å². The normalized spacial score (nSPS) is 10.6. The van der Waals surface area contributed by atoms with Gasteiger partial charge < -0.3 is 0 Å². The molecule has 66 valence electrons. The number of hydrogen-bond acceptors (Lipinski definition) is 2. The molecular weight excluding hydrogens is 272 g/mol. The van der Waals surface area contributed by atoms with Gasteiger partial charge in [-0.05, 0) is 34.1 Å². The first kappa shape index (κ1) is 9.19. The van der Waals surface area contributed by atoms with E-state index in [1.54, 1.807) is 12.1 Å². The van der Waals surface area contributed by atoms with Crippen LogP contribution in [0.4, 0.5) is 0 Å². The number of benzene rings is 1. The average Bonchev–Trinajstić information content (AvgIpc) is 2.48. The Morgan fingerprint density at radius 3 is 2.92 bits per heavy atom. The third-order valence-corrected chi connectivity index (χ3v) is 3.86. The van der Waals surface area contributed by atoms with Crippen LogP contribution in [0.1, 0.15) is 10.4 Å². The minimum Gasteiger partial charge on any atom is -0.298 e. The fourth-order valence-corrected chi connectivity index (χ4v) is 3.00. The highest BCUT2D eigenvalue weighted by Crippen LogP contribution is 2.36. The molecule has 2 rings (SSSR count). The van der Waals surface area contributed by atoms with E-state index < -0.39 is 0 Å². The number of thiophene rings is 1. The Labute approximate surface area is 92.5 Å². The summed E-state index contributed by atoms with van der Waals surface area (Å²) in [4.78, 5) is 10.7. The van der Waals surface area contributed by atoms with Crippen molar-refractivity contribution in [2.45, 2.75) is 0 Å². The van der Waals surface area contributed by atoms with Gasteiger partial charge in [0.15, 0.2) is 6.29 Å². The summed E-state index contributed by atoms with van der Waals surface area (Å²) in [5.74, 6) is 0. The summed E-state index contributed by atoms with van der Waals surface area (Å²) in [5.41, 5.74) is 0.682. The predicted octanol–water partition coefficient (Wildman–Crippen LogP) is 4.13. The van der Waals surface area contributed by atoms with Gasteiger partial charge in [-0.2, -0.15) is 0 Å². The van der Waals surface area contributed by atoms with Gasteiger partial charge in [-0.15, -0.1) is 11.3 Å². The maximum Gasteiger partial charge on any atom is 0.150 e.